The monoisotopic (exact) mass is 682 g/mol. The first kappa shape index (κ1) is 33.9. The molecule has 0 bridgehead atoms. The molecule has 8 nitrogen and oxygen atoms in total. The van der Waals surface area contributed by atoms with Crippen molar-refractivity contribution in [3.8, 4) is 0 Å². The molecule has 0 spiro atoms. The molecule has 3 rings (SSSR count). The topological polar surface area (TPSA) is 111 Å². The Balaban J connectivity index is 1.75. The molecule has 0 aromatic heterocycles. The Hall–Kier alpha value is -2.62. The molecule has 2 N–H and O–H groups in total. The van der Waals surface area contributed by atoms with Crippen LogP contribution in [0.15, 0.2) is 40.9 Å². The molecule has 0 heterocycles. The summed E-state index contributed by atoms with van der Waals surface area (Å²) in [6, 6.07) is 8.97. The summed E-state index contributed by atoms with van der Waals surface area (Å²) in [4.78, 5) is 52.3. The molecule has 1 saturated carbocycles. The maximum Gasteiger partial charge on any atom is 0.328 e. The largest absolute Gasteiger partial charge is 0.467 e. The number of esters is 2. The number of rotatable bonds is 8. The number of amides is 2. The van der Waals surface area contributed by atoms with Gasteiger partial charge in [-0.2, -0.15) is 0 Å². The molecule has 1 aliphatic rings. The standard InChI is InChI=1S/C31H37BrCl2N2O6/c1-29(2,3)42-28(40)31(6)14-13-18(30(31,4)5)25(37)36-23(27(39)41-7)16-17-11-12-22(19(32)15-17)35-26(38)24-20(33)9-8-10-21(24)34/h8-12,15,18,23H,13-14,16H2,1-7H3,(H,35,38)(H,36,37)/t18-,23?,31+/m1/s1. The summed E-state index contributed by atoms with van der Waals surface area (Å²) in [6.45, 7) is 11.1. The normalized spacial score (nSPS) is 20.4. The zero-order valence-electron chi connectivity index (χ0n) is 24.8. The molecule has 42 heavy (non-hydrogen) atoms. The maximum atomic E-state index is 13.6. The van der Waals surface area contributed by atoms with Gasteiger partial charge in [0.2, 0.25) is 5.91 Å². The molecule has 1 unspecified atom stereocenters. The molecule has 11 heteroatoms. The Bertz CT molecular complexity index is 1370. The van der Waals surface area contributed by atoms with Gasteiger partial charge in [0.15, 0.2) is 0 Å². The molecule has 228 valence electrons. The molecular weight excluding hydrogens is 647 g/mol. The minimum absolute atomic E-state index is 0.137. The van der Waals surface area contributed by atoms with Crippen LogP contribution in [0.5, 0.6) is 0 Å². The van der Waals surface area contributed by atoms with Crippen LogP contribution in [-0.2, 0) is 30.3 Å². The van der Waals surface area contributed by atoms with Gasteiger partial charge in [-0.05, 0) is 91.7 Å². The van der Waals surface area contributed by atoms with E-state index in [1.165, 1.54) is 7.11 Å². The number of carbonyl (C=O) groups is 4. The lowest BCUT2D eigenvalue weighted by molar-refractivity contribution is -0.173. The van der Waals surface area contributed by atoms with Crippen molar-refractivity contribution in [1.29, 1.82) is 0 Å². The van der Waals surface area contributed by atoms with Gasteiger partial charge in [0, 0.05) is 16.8 Å². The summed E-state index contributed by atoms with van der Waals surface area (Å²) < 4.78 is 11.2. The van der Waals surface area contributed by atoms with Gasteiger partial charge in [0.25, 0.3) is 5.91 Å². The lowest BCUT2D eigenvalue weighted by atomic mass is 9.65. The van der Waals surface area contributed by atoms with Crippen molar-refractivity contribution in [2.45, 2.75) is 72.4 Å². The lowest BCUT2D eigenvalue weighted by Gasteiger charge is -2.40. The summed E-state index contributed by atoms with van der Waals surface area (Å²) >= 11 is 15.8. The van der Waals surface area contributed by atoms with Crippen LogP contribution in [0, 0.1) is 16.7 Å². The molecule has 0 radical (unpaired) electrons. The number of hydrogen-bond acceptors (Lipinski definition) is 6. The maximum absolute atomic E-state index is 13.6. The second kappa shape index (κ2) is 12.9. The predicted molar refractivity (Wildman–Crippen MR) is 167 cm³/mol. The minimum atomic E-state index is -0.971. The van der Waals surface area contributed by atoms with E-state index in [4.69, 9.17) is 32.7 Å². The Kier molecular flexibility index (Phi) is 10.4. The molecule has 2 aromatic carbocycles. The quantitative estimate of drug-likeness (QED) is 0.290. The second-order valence-corrected chi connectivity index (χ2v) is 14.0. The molecule has 0 aliphatic heterocycles. The van der Waals surface area contributed by atoms with Crippen molar-refractivity contribution in [1.82, 2.24) is 5.32 Å². The zero-order valence-corrected chi connectivity index (χ0v) is 27.9. The van der Waals surface area contributed by atoms with E-state index < -0.39 is 40.3 Å². The second-order valence-electron chi connectivity index (χ2n) is 12.3. The van der Waals surface area contributed by atoms with Crippen LogP contribution in [0.2, 0.25) is 10.0 Å². The molecule has 1 fully saturated rings. The van der Waals surface area contributed by atoms with Crippen LogP contribution < -0.4 is 10.6 Å². The van der Waals surface area contributed by atoms with Crippen LogP contribution in [0.4, 0.5) is 5.69 Å². The van der Waals surface area contributed by atoms with Crippen molar-refractivity contribution < 1.29 is 28.7 Å². The van der Waals surface area contributed by atoms with Gasteiger partial charge in [0.1, 0.15) is 11.6 Å². The fraction of sp³-hybridized carbons (Fsp3) is 0.484. The highest BCUT2D eigenvalue weighted by molar-refractivity contribution is 9.10. The van der Waals surface area contributed by atoms with Gasteiger partial charge in [-0.25, -0.2) is 4.79 Å². The number of carbonyl (C=O) groups excluding carboxylic acids is 4. The van der Waals surface area contributed by atoms with E-state index in [1.54, 1.807) is 36.4 Å². The predicted octanol–water partition coefficient (Wildman–Crippen LogP) is 6.99. The Morgan fingerprint density at radius 2 is 1.69 bits per heavy atom. The van der Waals surface area contributed by atoms with Crippen molar-refractivity contribution in [3.05, 3.63) is 62.0 Å². The molecule has 0 saturated heterocycles. The molecule has 2 aromatic rings. The number of methoxy groups -OCH3 is 1. The fourth-order valence-corrected chi connectivity index (χ4v) is 6.34. The minimum Gasteiger partial charge on any atom is -0.467 e. The highest BCUT2D eigenvalue weighted by Gasteiger charge is 2.59. The van der Waals surface area contributed by atoms with Gasteiger partial charge >= 0.3 is 11.9 Å². The van der Waals surface area contributed by atoms with Crippen LogP contribution in [0.25, 0.3) is 0 Å². The molecule has 1 aliphatic carbocycles. The van der Waals surface area contributed by atoms with Crippen LogP contribution in [0.3, 0.4) is 0 Å². The van der Waals surface area contributed by atoms with Crippen molar-refractivity contribution in [2.24, 2.45) is 16.7 Å². The van der Waals surface area contributed by atoms with E-state index in [9.17, 15) is 19.2 Å². The lowest BCUT2D eigenvalue weighted by Crippen LogP contribution is -2.51. The number of anilines is 1. The van der Waals surface area contributed by atoms with E-state index in [1.807, 2.05) is 41.5 Å². The number of benzene rings is 2. The highest BCUT2D eigenvalue weighted by Crippen LogP contribution is 2.57. The smallest absolute Gasteiger partial charge is 0.328 e. The number of ether oxygens (including phenoxy) is 2. The number of halogens is 3. The zero-order chi connectivity index (χ0) is 31.6. The van der Waals surface area contributed by atoms with E-state index in [0.29, 0.717) is 28.6 Å². The number of nitrogens with one attached hydrogen (secondary N) is 2. The summed E-state index contributed by atoms with van der Waals surface area (Å²) in [5.74, 6) is -2.27. The third kappa shape index (κ3) is 7.29. The Morgan fingerprint density at radius 1 is 1.07 bits per heavy atom. The van der Waals surface area contributed by atoms with E-state index >= 15 is 0 Å². The van der Waals surface area contributed by atoms with E-state index in [-0.39, 0.29) is 33.9 Å². The molecular formula is C31H37BrCl2N2O6. The van der Waals surface area contributed by atoms with Gasteiger partial charge < -0.3 is 20.1 Å². The van der Waals surface area contributed by atoms with Crippen LogP contribution in [0.1, 0.15) is 70.3 Å². The van der Waals surface area contributed by atoms with Crippen LogP contribution in [-0.4, -0.2) is 42.5 Å². The first-order valence-electron chi connectivity index (χ1n) is 13.6. The first-order chi connectivity index (χ1) is 19.4. The van der Waals surface area contributed by atoms with Crippen molar-refractivity contribution >= 4 is 68.6 Å². The third-order valence-electron chi connectivity index (χ3n) is 8.11. The van der Waals surface area contributed by atoms with E-state index in [0.717, 1.165) is 0 Å². The van der Waals surface area contributed by atoms with Crippen molar-refractivity contribution in [3.63, 3.8) is 0 Å². The first-order valence-corrected chi connectivity index (χ1v) is 15.1. The average molecular weight is 684 g/mol. The summed E-state index contributed by atoms with van der Waals surface area (Å²) in [5, 5.41) is 6.08. The highest BCUT2D eigenvalue weighted by atomic mass is 79.9. The Labute approximate surface area is 265 Å². The van der Waals surface area contributed by atoms with Crippen LogP contribution >= 0.6 is 39.1 Å². The molecule has 2 amide bonds. The van der Waals surface area contributed by atoms with E-state index in [2.05, 4.69) is 26.6 Å². The van der Waals surface area contributed by atoms with Crippen molar-refractivity contribution in [2.75, 3.05) is 12.4 Å². The Morgan fingerprint density at radius 3 is 2.24 bits per heavy atom. The fourth-order valence-electron chi connectivity index (χ4n) is 5.25. The summed E-state index contributed by atoms with van der Waals surface area (Å²) in [6.07, 6.45) is 1.09. The molecule has 3 atom stereocenters. The average Bonchev–Trinajstić information content (AvgIpc) is 3.13. The van der Waals surface area contributed by atoms with Gasteiger partial charge in [0.05, 0.1) is 33.8 Å². The van der Waals surface area contributed by atoms with Gasteiger partial charge in [-0.3, -0.25) is 14.4 Å². The number of hydrogen-bond donors (Lipinski definition) is 2. The third-order valence-corrected chi connectivity index (χ3v) is 9.39. The summed E-state index contributed by atoms with van der Waals surface area (Å²) in [7, 11) is 1.26. The SMILES string of the molecule is COC(=O)C(Cc1ccc(NC(=O)c2c(Cl)cccc2Cl)c(Br)c1)NC(=O)[C@H]1CC[C@@](C)(C(=O)OC(C)(C)C)C1(C)C. The summed E-state index contributed by atoms with van der Waals surface area (Å²) in [5.41, 5.74) is -0.928. The van der Waals surface area contributed by atoms with Gasteiger partial charge in [-0.15, -0.1) is 0 Å². The van der Waals surface area contributed by atoms with Gasteiger partial charge in [-0.1, -0.05) is 49.2 Å².